The van der Waals surface area contributed by atoms with Crippen molar-refractivity contribution in [3.63, 3.8) is 0 Å². The largest absolute Gasteiger partial charge is 0.245 e. The SMILES string of the molecule is N#CCSc1nc2c(c(-c3ccc(Cl)cc3)c1C#N)CCCC2. The predicted octanol–water partition coefficient (Wildman–Crippen LogP) is 4.77. The second kappa shape index (κ2) is 7.04. The molecule has 1 aliphatic rings. The van der Waals surface area contributed by atoms with E-state index in [-0.39, 0.29) is 0 Å². The molecule has 1 aromatic carbocycles. The van der Waals surface area contributed by atoms with Crippen molar-refractivity contribution in [2.45, 2.75) is 30.7 Å². The summed E-state index contributed by atoms with van der Waals surface area (Å²) < 4.78 is 0. The lowest BCUT2D eigenvalue weighted by atomic mass is 9.87. The zero-order valence-electron chi connectivity index (χ0n) is 12.5. The van der Waals surface area contributed by atoms with Crippen molar-refractivity contribution in [1.29, 1.82) is 10.5 Å². The highest BCUT2D eigenvalue weighted by molar-refractivity contribution is 7.99. The molecule has 0 saturated carbocycles. The Hall–Kier alpha value is -2.01. The van der Waals surface area contributed by atoms with E-state index in [0.717, 1.165) is 42.5 Å². The van der Waals surface area contributed by atoms with Gasteiger partial charge in [-0.15, -0.1) is 0 Å². The molecule has 114 valence electrons. The first kappa shape index (κ1) is 15.9. The fourth-order valence-corrected chi connectivity index (χ4v) is 3.76. The average molecular weight is 340 g/mol. The lowest BCUT2D eigenvalue weighted by molar-refractivity contribution is 0.661. The van der Waals surface area contributed by atoms with E-state index >= 15 is 0 Å². The van der Waals surface area contributed by atoms with Gasteiger partial charge in [-0.25, -0.2) is 4.98 Å². The topological polar surface area (TPSA) is 60.5 Å². The number of fused-ring (bicyclic) bond motifs is 1. The molecule has 0 saturated heterocycles. The molecule has 0 unspecified atom stereocenters. The van der Waals surface area contributed by atoms with Gasteiger partial charge in [0, 0.05) is 16.3 Å². The van der Waals surface area contributed by atoms with Crippen LogP contribution in [0.5, 0.6) is 0 Å². The summed E-state index contributed by atoms with van der Waals surface area (Å²) in [6.45, 7) is 0. The molecule has 0 atom stereocenters. The molecule has 3 rings (SSSR count). The fraction of sp³-hybridized carbons (Fsp3) is 0.278. The van der Waals surface area contributed by atoms with E-state index in [0.29, 0.717) is 21.4 Å². The number of nitriles is 2. The summed E-state index contributed by atoms with van der Waals surface area (Å²) in [6, 6.07) is 12.0. The van der Waals surface area contributed by atoms with Gasteiger partial charge in [0.05, 0.1) is 17.4 Å². The smallest absolute Gasteiger partial charge is 0.116 e. The van der Waals surface area contributed by atoms with Gasteiger partial charge in [-0.1, -0.05) is 35.5 Å². The zero-order chi connectivity index (χ0) is 16.2. The Kier molecular flexibility index (Phi) is 4.86. The predicted molar refractivity (Wildman–Crippen MR) is 92.4 cm³/mol. The van der Waals surface area contributed by atoms with Crippen molar-refractivity contribution >= 4 is 23.4 Å². The maximum atomic E-state index is 9.70. The van der Waals surface area contributed by atoms with Crippen LogP contribution in [0.25, 0.3) is 11.1 Å². The number of hydrogen-bond acceptors (Lipinski definition) is 4. The maximum absolute atomic E-state index is 9.70. The van der Waals surface area contributed by atoms with E-state index in [9.17, 15) is 5.26 Å². The lowest BCUT2D eigenvalue weighted by Gasteiger charge is -2.21. The second-order valence-corrected chi connectivity index (χ2v) is 6.77. The minimum atomic E-state index is 0.292. The molecule has 0 bridgehead atoms. The van der Waals surface area contributed by atoms with Gasteiger partial charge in [0.2, 0.25) is 0 Å². The van der Waals surface area contributed by atoms with Crippen LogP contribution in [0.15, 0.2) is 29.3 Å². The molecule has 0 amide bonds. The van der Waals surface area contributed by atoms with Gasteiger partial charge in [-0.2, -0.15) is 10.5 Å². The van der Waals surface area contributed by atoms with E-state index in [1.807, 2.05) is 24.3 Å². The van der Waals surface area contributed by atoms with Crippen LogP contribution < -0.4 is 0 Å². The molecular formula is C18H14ClN3S. The summed E-state index contributed by atoms with van der Waals surface area (Å²) in [6.07, 6.45) is 4.11. The third-order valence-corrected chi connectivity index (χ3v) is 5.05. The maximum Gasteiger partial charge on any atom is 0.116 e. The molecule has 1 aromatic heterocycles. The Balaban J connectivity index is 2.24. The number of pyridine rings is 1. The van der Waals surface area contributed by atoms with Crippen LogP contribution in [0.1, 0.15) is 29.7 Å². The number of nitrogens with zero attached hydrogens (tertiary/aromatic N) is 3. The quantitative estimate of drug-likeness (QED) is 0.756. The number of thioether (sulfide) groups is 1. The first-order chi connectivity index (χ1) is 11.2. The van der Waals surface area contributed by atoms with Crippen molar-refractivity contribution in [3.8, 4) is 23.3 Å². The normalized spacial score (nSPS) is 13.0. The molecule has 0 aliphatic heterocycles. The number of aryl methyl sites for hydroxylation is 1. The molecular weight excluding hydrogens is 326 g/mol. The summed E-state index contributed by atoms with van der Waals surface area (Å²) in [5.41, 5.74) is 4.78. The first-order valence-electron chi connectivity index (χ1n) is 7.46. The molecule has 3 nitrogen and oxygen atoms in total. The van der Waals surface area contributed by atoms with Crippen molar-refractivity contribution in [2.75, 3.05) is 5.75 Å². The standard InChI is InChI=1S/C18H14ClN3S/c19-13-7-5-12(6-8-13)17-14-3-1-2-4-16(14)22-18(15(17)11-21)23-10-9-20/h5-8H,1-4,10H2. The number of aromatic nitrogens is 1. The molecule has 0 spiro atoms. The number of rotatable bonds is 3. The van der Waals surface area contributed by atoms with Crippen LogP contribution in [0.3, 0.4) is 0 Å². The number of hydrogen-bond donors (Lipinski definition) is 0. The molecule has 23 heavy (non-hydrogen) atoms. The summed E-state index contributed by atoms with van der Waals surface area (Å²) in [4.78, 5) is 4.69. The molecule has 5 heteroatoms. The van der Waals surface area contributed by atoms with Gasteiger partial charge in [-0.05, 0) is 48.9 Å². The molecule has 0 radical (unpaired) electrons. The van der Waals surface area contributed by atoms with Crippen molar-refractivity contribution in [1.82, 2.24) is 4.98 Å². The van der Waals surface area contributed by atoms with Gasteiger partial charge < -0.3 is 0 Å². The third kappa shape index (κ3) is 3.20. The van der Waals surface area contributed by atoms with Crippen LogP contribution in [-0.4, -0.2) is 10.7 Å². The number of benzene rings is 1. The molecule has 1 heterocycles. The van der Waals surface area contributed by atoms with E-state index in [1.165, 1.54) is 17.3 Å². The zero-order valence-corrected chi connectivity index (χ0v) is 14.0. The van der Waals surface area contributed by atoms with E-state index in [1.54, 1.807) is 0 Å². The molecule has 0 N–H and O–H groups in total. The Morgan fingerprint density at radius 3 is 2.57 bits per heavy atom. The first-order valence-corrected chi connectivity index (χ1v) is 8.82. The van der Waals surface area contributed by atoms with E-state index in [4.69, 9.17) is 16.9 Å². The minimum Gasteiger partial charge on any atom is -0.245 e. The minimum absolute atomic E-state index is 0.292. The third-order valence-electron chi connectivity index (χ3n) is 3.96. The summed E-state index contributed by atoms with van der Waals surface area (Å²) in [7, 11) is 0. The average Bonchev–Trinajstić information content (AvgIpc) is 2.59. The van der Waals surface area contributed by atoms with Crippen molar-refractivity contribution < 1.29 is 0 Å². The monoisotopic (exact) mass is 339 g/mol. The van der Waals surface area contributed by atoms with E-state index in [2.05, 4.69) is 17.1 Å². The summed E-state index contributed by atoms with van der Waals surface area (Å²) in [5, 5.41) is 19.9. The van der Waals surface area contributed by atoms with Gasteiger partial charge in [0.1, 0.15) is 11.1 Å². The Bertz CT molecular complexity index is 816. The summed E-state index contributed by atoms with van der Waals surface area (Å²) in [5.74, 6) is 0.292. The van der Waals surface area contributed by atoms with Crippen LogP contribution in [0.4, 0.5) is 0 Å². The number of halogens is 1. The van der Waals surface area contributed by atoms with E-state index < -0.39 is 0 Å². The molecule has 1 aliphatic carbocycles. The Morgan fingerprint density at radius 2 is 1.87 bits per heavy atom. The van der Waals surface area contributed by atoms with Gasteiger partial charge >= 0.3 is 0 Å². The summed E-state index contributed by atoms with van der Waals surface area (Å²) >= 11 is 7.33. The van der Waals surface area contributed by atoms with Crippen LogP contribution in [0.2, 0.25) is 5.02 Å². The highest BCUT2D eigenvalue weighted by Crippen LogP contribution is 2.38. The molecule has 2 aromatic rings. The molecule has 0 fully saturated rings. The van der Waals surface area contributed by atoms with Crippen molar-refractivity contribution in [2.24, 2.45) is 0 Å². The fourth-order valence-electron chi connectivity index (χ4n) is 2.96. The van der Waals surface area contributed by atoms with Crippen molar-refractivity contribution in [3.05, 3.63) is 46.1 Å². The van der Waals surface area contributed by atoms with Crippen LogP contribution >= 0.6 is 23.4 Å². The highest BCUT2D eigenvalue weighted by atomic mass is 35.5. The van der Waals surface area contributed by atoms with Gasteiger partial charge in [-0.3, -0.25) is 0 Å². The van der Waals surface area contributed by atoms with Gasteiger partial charge in [0.15, 0.2) is 0 Å². The highest BCUT2D eigenvalue weighted by Gasteiger charge is 2.23. The van der Waals surface area contributed by atoms with Crippen LogP contribution in [0, 0.1) is 22.7 Å². The lowest BCUT2D eigenvalue weighted by Crippen LogP contribution is -2.10. The van der Waals surface area contributed by atoms with Crippen LogP contribution in [-0.2, 0) is 12.8 Å². The Labute approximate surface area is 144 Å². The van der Waals surface area contributed by atoms with Gasteiger partial charge in [0.25, 0.3) is 0 Å². The second-order valence-electron chi connectivity index (χ2n) is 5.36. The Morgan fingerprint density at radius 1 is 1.13 bits per heavy atom.